The number of carbonyl (C=O) groups is 1. The zero-order valence-electron chi connectivity index (χ0n) is 10.9. The first-order valence-electron chi connectivity index (χ1n) is 6.14. The largest absolute Gasteiger partial charge is 0.399 e. The minimum atomic E-state index is -0.0510. The van der Waals surface area contributed by atoms with Crippen molar-refractivity contribution in [2.45, 2.75) is 12.5 Å². The molecule has 1 saturated heterocycles. The lowest BCUT2D eigenvalue weighted by atomic mass is 10.2. The Morgan fingerprint density at radius 1 is 1.50 bits per heavy atom. The highest BCUT2D eigenvalue weighted by Crippen LogP contribution is 2.16. The van der Waals surface area contributed by atoms with Gasteiger partial charge in [-0.3, -0.25) is 0 Å². The number of hydrogen-bond donors (Lipinski definition) is 2. The maximum Gasteiger partial charge on any atom is 0.321 e. The molecule has 0 saturated carbocycles. The first-order valence-corrected chi connectivity index (χ1v) is 6.14. The summed E-state index contributed by atoms with van der Waals surface area (Å²) in [6.07, 6.45) is 1.03. The molecule has 18 heavy (non-hydrogen) atoms. The fourth-order valence-electron chi connectivity index (χ4n) is 2.17. The molecule has 1 atom stereocenters. The molecule has 0 radical (unpaired) electrons. The van der Waals surface area contributed by atoms with E-state index in [1.807, 2.05) is 31.1 Å². The number of hydrogen-bond acceptors (Lipinski definition) is 3. The fraction of sp³-hybridized carbons (Fsp3) is 0.462. The van der Waals surface area contributed by atoms with E-state index < -0.39 is 0 Å². The number of likely N-dealkylation sites (N-methyl/N-ethyl adjacent to an activating group) is 1. The summed E-state index contributed by atoms with van der Waals surface area (Å²) in [5.41, 5.74) is 7.07. The Hall–Kier alpha value is -1.75. The summed E-state index contributed by atoms with van der Waals surface area (Å²) in [5, 5.41) is 2.87. The highest BCUT2D eigenvalue weighted by molar-refractivity contribution is 5.90. The van der Waals surface area contributed by atoms with E-state index in [1.54, 1.807) is 12.1 Å². The minimum absolute atomic E-state index is 0.0510. The van der Waals surface area contributed by atoms with Gasteiger partial charge in [0, 0.05) is 30.5 Å². The molecule has 2 rings (SSSR count). The quantitative estimate of drug-likeness (QED) is 0.778. The van der Waals surface area contributed by atoms with Crippen molar-refractivity contribution in [1.82, 2.24) is 9.80 Å². The Balaban J connectivity index is 1.93. The van der Waals surface area contributed by atoms with Crippen LogP contribution in [-0.4, -0.2) is 49.1 Å². The number of benzene rings is 1. The lowest BCUT2D eigenvalue weighted by Crippen LogP contribution is -2.36. The third kappa shape index (κ3) is 2.92. The summed E-state index contributed by atoms with van der Waals surface area (Å²) < 4.78 is 0. The van der Waals surface area contributed by atoms with Gasteiger partial charge >= 0.3 is 6.03 Å². The molecule has 1 unspecified atom stereocenters. The topological polar surface area (TPSA) is 61.6 Å². The van der Waals surface area contributed by atoms with E-state index in [4.69, 9.17) is 5.73 Å². The zero-order valence-corrected chi connectivity index (χ0v) is 10.9. The normalized spacial score (nSPS) is 19.3. The van der Waals surface area contributed by atoms with Crippen LogP contribution in [0.25, 0.3) is 0 Å². The summed E-state index contributed by atoms with van der Waals surface area (Å²) >= 11 is 0. The van der Waals surface area contributed by atoms with Gasteiger partial charge < -0.3 is 20.9 Å². The summed E-state index contributed by atoms with van der Waals surface area (Å²) in [4.78, 5) is 16.1. The van der Waals surface area contributed by atoms with Crippen molar-refractivity contribution >= 4 is 17.4 Å². The van der Waals surface area contributed by atoms with Crippen molar-refractivity contribution in [1.29, 1.82) is 0 Å². The number of amides is 2. The molecule has 0 bridgehead atoms. The van der Waals surface area contributed by atoms with Crippen LogP contribution in [0.1, 0.15) is 6.42 Å². The van der Waals surface area contributed by atoms with Crippen LogP contribution in [0.4, 0.5) is 16.2 Å². The van der Waals surface area contributed by atoms with Gasteiger partial charge in [-0.2, -0.15) is 0 Å². The van der Waals surface area contributed by atoms with Crippen LogP contribution in [0, 0.1) is 0 Å². The van der Waals surface area contributed by atoms with E-state index in [9.17, 15) is 4.79 Å². The second-order valence-electron chi connectivity index (χ2n) is 4.91. The zero-order chi connectivity index (χ0) is 13.1. The van der Waals surface area contributed by atoms with Crippen molar-refractivity contribution in [3.05, 3.63) is 24.3 Å². The van der Waals surface area contributed by atoms with Crippen LogP contribution in [0.3, 0.4) is 0 Å². The number of nitrogens with two attached hydrogens (primary N) is 1. The van der Waals surface area contributed by atoms with Gasteiger partial charge in [-0.15, -0.1) is 0 Å². The minimum Gasteiger partial charge on any atom is -0.399 e. The van der Waals surface area contributed by atoms with Crippen LogP contribution in [-0.2, 0) is 0 Å². The standard InChI is InChI=1S/C13H20N4O/c1-16(2)12-6-7-17(9-12)13(18)15-11-5-3-4-10(14)8-11/h3-5,8,12H,6-7,9,14H2,1-2H3,(H,15,18). The molecule has 3 N–H and O–H groups in total. The predicted molar refractivity (Wildman–Crippen MR) is 73.5 cm³/mol. The van der Waals surface area contributed by atoms with Gasteiger partial charge in [0.2, 0.25) is 0 Å². The van der Waals surface area contributed by atoms with Crippen molar-refractivity contribution < 1.29 is 4.79 Å². The fourth-order valence-corrected chi connectivity index (χ4v) is 2.17. The van der Waals surface area contributed by atoms with Gasteiger partial charge in [-0.1, -0.05) is 6.07 Å². The van der Waals surface area contributed by atoms with Gasteiger partial charge in [0.25, 0.3) is 0 Å². The van der Waals surface area contributed by atoms with Crippen LogP contribution in [0.2, 0.25) is 0 Å². The number of anilines is 2. The van der Waals surface area contributed by atoms with E-state index in [2.05, 4.69) is 10.2 Å². The molecule has 1 aliphatic rings. The van der Waals surface area contributed by atoms with E-state index in [-0.39, 0.29) is 6.03 Å². The number of nitrogens with zero attached hydrogens (tertiary/aromatic N) is 2. The summed E-state index contributed by atoms with van der Waals surface area (Å²) in [7, 11) is 4.09. The second kappa shape index (κ2) is 5.27. The number of rotatable bonds is 2. The monoisotopic (exact) mass is 248 g/mol. The van der Waals surface area contributed by atoms with E-state index in [0.29, 0.717) is 11.7 Å². The van der Waals surface area contributed by atoms with Gasteiger partial charge in [-0.25, -0.2) is 4.79 Å². The maximum atomic E-state index is 12.0. The molecule has 0 spiro atoms. The molecule has 1 fully saturated rings. The lowest BCUT2D eigenvalue weighted by molar-refractivity contribution is 0.216. The third-order valence-electron chi connectivity index (χ3n) is 3.32. The van der Waals surface area contributed by atoms with E-state index >= 15 is 0 Å². The SMILES string of the molecule is CN(C)C1CCN(C(=O)Nc2cccc(N)c2)C1. The summed E-state index contributed by atoms with van der Waals surface area (Å²) in [5.74, 6) is 0. The number of nitrogen functional groups attached to an aromatic ring is 1. The maximum absolute atomic E-state index is 12.0. The molecule has 2 amide bonds. The molecular formula is C13H20N4O. The van der Waals surface area contributed by atoms with Crippen LogP contribution >= 0.6 is 0 Å². The van der Waals surface area contributed by atoms with Gasteiger partial charge in [-0.05, 0) is 38.7 Å². The average molecular weight is 248 g/mol. The first-order chi connectivity index (χ1) is 8.56. The molecule has 0 aliphatic carbocycles. The van der Waals surface area contributed by atoms with Gasteiger partial charge in [0.05, 0.1) is 0 Å². The number of urea groups is 1. The lowest BCUT2D eigenvalue weighted by Gasteiger charge is -2.20. The molecule has 1 heterocycles. The predicted octanol–water partition coefficient (Wildman–Crippen LogP) is 1.44. The Morgan fingerprint density at radius 2 is 2.28 bits per heavy atom. The van der Waals surface area contributed by atoms with Crippen LogP contribution < -0.4 is 11.1 Å². The summed E-state index contributed by atoms with van der Waals surface area (Å²) in [6.45, 7) is 1.58. The smallest absolute Gasteiger partial charge is 0.321 e. The Kier molecular flexibility index (Phi) is 3.72. The Labute approximate surface area is 108 Å². The first kappa shape index (κ1) is 12.7. The Morgan fingerprint density at radius 3 is 2.89 bits per heavy atom. The number of nitrogens with one attached hydrogen (secondary N) is 1. The molecule has 1 aromatic carbocycles. The van der Waals surface area contributed by atoms with Crippen molar-refractivity contribution in [2.75, 3.05) is 38.2 Å². The number of likely N-dealkylation sites (tertiary alicyclic amines) is 1. The van der Waals surface area contributed by atoms with Crippen molar-refractivity contribution in [3.63, 3.8) is 0 Å². The van der Waals surface area contributed by atoms with E-state index in [1.165, 1.54) is 0 Å². The highest BCUT2D eigenvalue weighted by atomic mass is 16.2. The Bertz CT molecular complexity index is 433. The molecule has 0 aromatic heterocycles. The van der Waals surface area contributed by atoms with Crippen molar-refractivity contribution in [3.8, 4) is 0 Å². The molecule has 98 valence electrons. The van der Waals surface area contributed by atoms with Gasteiger partial charge in [0.1, 0.15) is 0 Å². The summed E-state index contributed by atoms with van der Waals surface area (Å²) in [6, 6.07) is 7.64. The molecule has 1 aliphatic heterocycles. The molecule has 5 heteroatoms. The molecular weight excluding hydrogens is 228 g/mol. The third-order valence-corrected chi connectivity index (χ3v) is 3.32. The molecule has 1 aromatic rings. The van der Waals surface area contributed by atoms with Crippen molar-refractivity contribution in [2.24, 2.45) is 0 Å². The van der Waals surface area contributed by atoms with Crippen LogP contribution in [0.5, 0.6) is 0 Å². The average Bonchev–Trinajstić information content (AvgIpc) is 2.78. The highest BCUT2D eigenvalue weighted by Gasteiger charge is 2.27. The van der Waals surface area contributed by atoms with E-state index in [0.717, 1.165) is 25.2 Å². The second-order valence-corrected chi connectivity index (χ2v) is 4.91. The number of carbonyl (C=O) groups excluding carboxylic acids is 1. The van der Waals surface area contributed by atoms with Gasteiger partial charge in [0.15, 0.2) is 0 Å². The molecule has 5 nitrogen and oxygen atoms in total. The van der Waals surface area contributed by atoms with Crippen LogP contribution in [0.15, 0.2) is 24.3 Å².